The Kier molecular flexibility index (Phi) is 4.70. The third-order valence-electron chi connectivity index (χ3n) is 6.56. The van der Waals surface area contributed by atoms with E-state index < -0.39 is 19.9 Å². The molecule has 0 amide bonds. The Hall–Kier alpha value is -2.91. The van der Waals surface area contributed by atoms with Gasteiger partial charge in [0.05, 0.1) is 13.6 Å². The minimum absolute atomic E-state index is 0.543. The predicted octanol–water partition coefficient (Wildman–Crippen LogP) is 7.67. The van der Waals surface area contributed by atoms with Crippen LogP contribution in [0.15, 0.2) is 65.2 Å². The van der Waals surface area contributed by atoms with Crippen molar-refractivity contribution in [1.29, 1.82) is 0 Å². The number of furan rings is 1. The molecule has 0 fully saturated rings. The smallest absolute Gasteiger partial charge is 0.216 e. The molecule has 0 aliphatic rings. The van der Waals surface area contributed by atoms with Gasteiger partial charge in [0.2, 0.25) is 5.69 Å². The van der Waals surface area contributed by atoms with Crippen molar-refractivity contribution in [3.63, 3.8) is 0 Å². The Morgan fingerprint density at radius 2 is 1.62 bits per heavy atom. The molecule has 174 valence electrons. The highest BCUT2D eigenvalue weighted by Gasteiger charge is 2.29. The van der Waals surface area contributed by atoms with Gasteiger partial charge in [0.25, 0.3) is 0 Å². The molecule has 0 radical (unpaired) electrons. The molecule has 2 aromatic heterocycles. The van der Waals surface area contributed by atoms with Crippen molar-refractivity contribution in [3.05, 3.63) is 71.9 Å². The third-order valence-corrected chi connectivity index (χ3v) is 8.58. The van der Waals surface area contributed by atoms with Gasteiger partial charge in [-0.2, -0.15) is 0 Å². The minimum Gasteiger partial charge on any atom is -0.455 e. The van der Waals surface area contributed by atoms with Crippen molar-refractivity contribution in [1.82, 2.24) is 0 Å². The SMILES string of the molecule is [2H]C([2H])(c1cc(-c2c(C)ccc3c2oc2cc4ccccc4cc23)[n+](C)cc1[Si](C)(C)C)C(C)(C)C. The van der Waals surface area contributed by atoms with Crippen LogP contribution in [0.25, 0.3) is 44.0 Å². The molecule has 0 atom stereocenters. The summed E-state index contributed by atoms with van der Waals surface area (Å²) in [7, 11) is 0.246. The van der Waals surface area contributed by atoms with Gasteiger partial charge < -0.3 is 4.42 Å². The van der Waals surface area contributed by atoms with E-state index >= 15 is 0 Å². The highest BCUT2D eigenvalue weighted by molar-refractivity contribution is 6.89. The Morgan fingerprint density at radius 3 is 2.26 bits per heavy atom. The van der Waals surface area contributed by atoms with Gasteiger partial charge in [-0.3, -0.25) is 0 Å². The van der Waals surface area contributed by atoms with Gasteiger partial charge in [-0.05, 0) is 52.7 Å². The molecule has 5 aromatic rings. The van der Waals surface area contributed by atoms with Crippen molar-refractivity contribution >= 4 is 46.0 Å². The predicted molar refractivity (Wildman–Crippen MR) is 149 cm³/mol. The van der Waals surface area contributed by atoms with E-state index in [2.05, 4.69) is 99.0 Å². The van der Waals surface area contributed by atoms with Gasteiger partial charge in [0.1, 0.15) is 18.2 Å². The number of rotatable bonds is 3. The minimum atomic E-state index is -1.83. The summed E-state index contributed by atoms with van der Waals surface area (Å²) >= 11 is 0. The molecule has 5 rings (SSSR count). The first-order valence-corrected chi connectivity index (χ1v) is 15.6. The molecule has 0 saturated carbocycles. The van der Waals surface area contributed by atoms with E-state index in [4.69, 9.17) is 4.42 Å². The second-order valence-corrected chi connectivity index (χ2v) is 16.7. The van der Waals surface area contributed by atoms with E-state index in [1.165, 1.54) is 5.39 Å². The number of nitrogens with zero attached hydrogens (tertiary/aromatic N) is 1. The summed E-state index contributed by atoms with van der Waals surface area (Å²) in [4.78, 5) is 0. The van der Waals surface area contributed by atoms with Crippen LogP contribution in [0.4, 0.5) is 0 Å². The molecule has 3 aromatic carbocycles. The number of aromatic nitrogens is 1. The molecule has 34 heavy (non-hydrogen) atoms. The molecule has 0 N–H and O–H groups in total. The Morgan fingerprint density at radius 1 is 0.941 bits per heavy atom. The Labute approximate surface area is 207 Å². The summed E-state index contributed by atoms with van der Waals surface area (Å²) in [6.07, 6.45) is 0.689. The van der Waals surface area contributed by atoms with E-state index in [-0.39, 0.29) is 0 Å². The lowest BCUT2D eigenvalue weighted by atomic mass is 9.87. The van der Waals surface area contributed by atoms with E-state index in [9.17, 15) is 2.74 Å². The van der Waals surface area contributed by atoms with Crippen molar-refractivity contribution in [2.24, 2.45) is 12.5 Å². The number of benzene rings is 3. The molecule has 0 bridgehead atoms. The summed E-state index contributed by atoms with van der Waals surface area (Å²) in [5.74, 6) is 0. The van der Waals surface area contributed by atoms with Crippen LogP contribution in [0.1, 0.15) is 34.6 Å². The lowest BCUT2D eigenvalue weighted by molar-refractivity contribution is -0.659. The maximum absolute atomic E-state index is 9.21. The fourth-order valence-corrected chi connectivity index (χ4v) is 6.47. The molecule has 3 heteroatoms. The van der Waals surface area contributed by atoms with Crippen molar-refractivity contribution in [2.75, 3.05) is 0 Å². The third kappa shape index (κ3) is 3.96. The number of pyridine rings is 1. The van der Waals surface area contributed by atoms with E-state index in [1.807, 2.05) is 20.8 Å². The first-order valence-electron chi connectivity index (χ1n) is 13.1. The first-order chi connectivity index (χ1) is 16.7. The zero-order valence-corrected chi connectivity index (χ0v) is 22.6. The molecule has 2 heterocycles. The zero-order chi connectivity index (χ0) is 26.2. The molecule has 0 aliphatic carbocycles. The standard InChI is InChI=1S/C31H36NOSi/c1-20-13-14-24-25-15-21-11-9-10-12-22(21)17-27(25)33-30(24)29(20)26-16-23(18-31(2,3)4)28(19-32(26)5)34(6,7)8/h9-17,19H,18H2,1-8H3/q+1/i18D2. The van der Waals surface area contributed by atoms with Gasteiger partial charge in [0, 0.05) is 24.8 Å². The largest absolute Gasteiger partial charge is 0.455 e. The zero-order valence-electron chi connectivity index (χ0n) is 23.6. The monoisotopic (exact) mass is 468 g/mol. The number of aryl methyl sites for hydroxylation is 2. The number of hydrogen-bond acceptors (Lipinski definition) is 1. The summed E-state index contributed by atoms with van der Waals surface area (Å²) in [6, 6.07) is 19.1. The summed E-state index contributed by atoms with van der Waals surface area (Å²) in [5, 5.41) is 5.71. The maximum Gasteiger partial charge on any atom is 0.216 e. The average molecular weight is 469 g/mol. The number of hydrogen-bond donors (Lipinski definition) is 0. The number of fused-ring (bicyclic) bond motifs is 4. The van der Waals surface area contributed by atoms with Gasteiger partial charge in [-0.25, -0.2) is 4.57 Å². The molecule has 0 spiro atoms. The molecular weight excluding hydrogens is 430 g/mol. The summed E-state index contributed by atoms with van der Waals surface area (Å²) in [6.45, 7) is 15.0. The van der Waals surface area contributed by atoms with Crippen LogP contribution < -0.4 is 9.75 Å². The van der Waals surface area contributed by atoms with Crippen molar-refractivity contribution in [2.45, 2.75) is 53.7 Å². The van der Waals surface area contributed by atoms with Crippen LogP contribution in [-0.4, -0.2) is 8.07 Å². The Bertz CT molecular complexity index is 1650. The van der Waals surface area contributed by atoms with E-state index in [0.717, 1.165) is 54.9 Å². The lowest BCUT2D eigenvalue weighted by Crippen LogP contribution is -2.47. The lowest BCUT2D eigenvalue weighted by Gasteiger charge is -2.25. The van der Waals surface area contributed by atoms with Crippen LogP contribution in [0.3, 0.4) is 0 Å². The van der Waals surface area contributed by atoms with Gasteiger partial charge in [-0.15, -0.1) is 0 Å². The van der Waals surface area contributed by atoms with Crippen LogP contribution >= 0.6 is 0 Å². The summed E-state index contributed by atoms with van der Waals surface area (Å²) < 4.78 is 27.2. The second-order valence-electron chi connectivity index (χ2n) is 11.7. The average Bonchev–Trinajstić information content (AvgIpc) is 3.13. The first kappa shape index (κ1) is 20.5. The van der Waals surface area contributed by atoms with Crippen LogP contribution in [-0.2, 0) is 13.4 Å². The van der Waals surface area contributed by atoms with Crippen LogP contribution in [0.5, 0.6) is 0 Å². The Balaban J connectivity index is 1.87. The fraction of sp³-hybridized carbons (Fsp3) is 0.323. The molecule has 0 saturated heterocycles. The topological polar surface area (TPSA) is 17.0 Å². The van der Waals surface area contributed by atoms with Gasteiger partial charge in [0.15, 0.2) is 6.20 Å². The summed E-state index contributed by atoms with van der Waals surface area (Å²) in [5.41, 5.74) is 5.13. The second kappa shape index (κ2) is 7.81. The van der Waals surface area contributed by atoms with Gasteiger partial charge in [-0.1, -0.05) is 76.8 Å². The highest BCUT2D eigenvalue weighted by atomic mass is 28.3. The van der Waals surface area contributed by atoms with Crippen molar-refractivity contribution < 1.29 is 11.7 Å². The molecule has 2 nitrogen and oxygen atoms in total. The van der Waals surface area contributed by atoms with Crippen LogP contribution in [0, 0.1) is 12.3 Å². The van der Waals surface area contributed by atoms with Crippen molar-refractivity contribution in [3.8, 4) is 11.3 Å². The molecule has 0 unspecified atom stereocenters. The normalized spacial score (nSPS) is 14.1. The van der Waals surface area contributed by atoms with Crippen LogP contribution in [0.2, 0.25) is 19.6 Å². The molecule has 0 aliphatic heterocycles. The maximum atomic E-state index is 9.21. The molecular formula is C31H36NOSi+. The van der Waals surface area contributed by atoms with E-state index in [1.54, 1.807) is 0 Å². The van der Waals surface area contributed by atoms with Gasteiger partial charge >= 0.3 is 0 Å². The quantitative estimate of drug-likeness (QED) is 0.196. The fourth-order valence-electron chi connectivity index (χ4n) is 4.94. The van der Waals surface area contributed by atoms with E-state index in [0.29, 0.717) is 0 Å². The highest BCUT2D eigenvalue weighted by Crippen LogP contribution is 2.38.